The van der Waals surface area contributed by atoms with Crippen LogP contribution in [0.3, 0.4) is 0 Å². The van der Waals surface area contributed by atoms with Crippen LogP contribution in [-0.4, -0.2) is 15.1 Å². The number of nitrogens with zero attached hydrogens (tertiary/aromatic N) is 3. The summed E-state index contributed by atoms with van der Waals surface area (Å²) in [6.07, 6.45) is 4.91. The van der Waals surface area contributed by atoms with Crippen molar-refractivity contribution in [3.8, 4) is 0 Å². The summed E-state index contributed by atoms with van der Waals surface area (Å²) < 4.78 is 4.74. The van der Waals surface area contributed by atoms with Gasteiger partial charge in [0, 0.05) is 18.5 Å². The Hall–Kier alpha value is -1.91. The van der Waals surface area contributed by atoms with Crippen LogP contribution in [0.4, 0.5) is 5.95 Å². The van der Waals surface area contributed by atoms with Gasteiger partial charge >= 0.3 is 0 Å². The smallest absolute Gasteiger partial charge is 0.223 e. The quantitative estimate of drug-likeness (QED) is 0.797. The second kappa shape index (κ2) is 3.87. The summed E-state index contributed by atoms with van der Waals surface area (Å²) in [5, 5.41) is 6.92. The molecule has 0 saturated heterocycles. The van der Waals surface area contributed by atoms with Gasteiger partial charge in [0.2, 0.25) is 5.95 Å². The molecule has 0 bridgehead atoms. The van der Waals surface area contributed by atoms with E-state index in [1.54, 1.807) is 30.8 Å². The molecular formula is C9H10N4O. The first-order chi connectivity index (χ1) is 6.86. The van der Waals surface area contributed by atoms with Gasteiger partial charge in [-0.05, 0) is 13.0 Å². The molecule has 0 amide bonds. The molecule has 0 aliphatic rings. The molecule has 5 nitrogen and oxygen atoms in total. The van der Waals surface area contributed by atoms with Crippen molar-refractivity contribution in [3.05, 3.63) is 36.5 Å². The molecule has 0 spiro atoms. The summed E-state index contributed by atoms with van der Waals surface area (Å²) in [5.41, 5.74) is 0.831. The van der Waals surface area contributed by atoms with Crippen LogP contribution in [0.5, 0.6) is 0 Å². The SMILES string of the molecule is CC(Nc1ncccn1)c1ccon1. The van der Waals surface area contributed by atoms with Crippen molar-refractivity contribution >= 4 is 5.95 Å². The maximum absolute atomic E-state index is 4.74. The van der Waals surface area contributed by atoms with Crippen LogP contribution in [0.15, 0.2) is 35.3 Å². The second-order valence-corrected chi connectivity index (χ2v) is 2.86. The van der Waals surface area contributed by atoms with Crippen molar-refractivity contribution in [2.45, 2.75) is 13.0 Å². The maximum atomic E-state index is 4.74. The van der Waals surface area contributed by atoms with Crippen molar-refractivity contribution in [2.24, 2.45) is 0 Å². The van der Waals surface area contributed by atoms with Crippen LogP contribution < -0.4 is 5.32 Å². The van der Waals surface area contributed by atoms with Crippen molar-refractivity contribution < 1.29 is 4.52 Å². The fourth-order valence-electron chi connectivity index (χ4n) is 1.09. The lowest BCUT2D eigenvalue weighted by molar-refractivity contribution is 0.409. The minimum absolute atomic E-state index is 0.0381. The Kier molecular flexibility index (Phi) is 2.40. The Morgan fingerprint density at radius 1 is 1.36 bits per heavy atom. The molecule has 1 atom stereocenters. The Morgan fingerprint density at radius 3 is 2.79 bits per heavy atom. The molecule has 0 aromatic carbocycles. The molecule has 0 saturated carbocycles. The molecule has 1 N–H and O–H groups in total. The first-order valence-corrected chi connectivity index (χ1v) is 4.30. The minimum Gasteiger partial charge on any atom is -0.364 e. The van der Waals surface area contributed by atoms with Crippen molar-refractivity contribution in [1.29, 1.82) is 0 Å². The standard InChI is InChI=1S/C9H10N4O/c1-7(8-3-6-14-13-8)12-9-10-4-2-5-11-9/h2-7H,1H3,(H,10,11,12). The number of anilines is 1. The van der Waals surface area contributed by atoms with Crippen molar-refractivity contribution in [2.75, 3.05) is 5.32 Å². The number of rotatable bonds is 3. The number of hydrogen-bond acceptors (Lipinski definition) is 5. The number of nitrogens with one attached hydrogen (secondary N) is 1. The fourth-order valence-corrected chi connectivity index (χ4v) is 1.09. The van der Waals surface area contributed by atoms with Gasteiger partial charge in [-0.2, -0.15) is 0 Å². The predicted molar refractivity (Wildman–Crippen MR) is 50.6 cm³/mol. The average Bonchev–Trinajstić information content (AvgIpc) is 2.72. The molecule has 0 aliphatic carbocycles. The molecule has 2 rings (SSSR count). The molecular weight excluding hydrogens is 180 g/mol. The zero-order valence-corrected chi connectivity index (χ0v) is 7.71. The molecule has 1 unspecified atom stereocenters. The zero-order valence-electron chi connectivity index (χ0n) is 7.71. The van der Waals surface area contributed by atoms with E-state index in [2.05, 4.69) is 20.4 Å². The third kappa shape index (κ3) is 1.87. The van der Waals surface area contributed by atoms with Crippen LogP contribution in [0.1, 0.15) is 18.7 Å². The van der Waals surface area contributed by atoms with Gasteiger partial charge in [-0.1, -0.05) is 5.16 Å². The van der Waals surface area contributed by atoms with Gasteiger partial charge in [0.15, 0.2) is 0 Å². The van der Waals surface area contributed by atoms with Gasteiger partial charge < -0.3 is 9.84 Å². The van der Waals surface area contributed by atoms with Gasteiger partial charge in [-0.15, -0.1) is 0 Å². The zero-order chi connectivity index (χ0) is 9.80. The molecule has 0 fully saturated rings. The average molecular weight is 190 g/mol. The Morgan fingerprint density at radius 2 is 2.14 bits per heavy atom. The molecule has 2 aromatic heterocycles. The topological polar surface area (TPSA) is 63.8 Å². The van der Waals surface area contributed by atoms with Crippen molar-refractivity contribution in [3.63, 3.8) is 0 Å². The molecule has 0 aliphatic heterocycles. The van der Waals surface area contributed by atoms with Gasteiger partial charge in [-0.25, -0.2) is 9.97 Å². The minimum atomic E-state index is 0.0381. The first kappa shape index (κ1) is 8.68. The van der Waals surface area contributed by atoms with E-state index in [9.17, 15) is 0 Å². The summed E-state index contributed by atoms with van der Waals surface area (Å²) in [7, 11) is 0. The molecule has 2 heterocycles. The van der Waals surface area contributed by atoms with Crippen LogP contribution in [0, 0.1) is 0 Å². The molecule has 14 heavy (non-hydrogen) atoms. The van der Waals surface area contributed by atoms with Crippen LogP contribution in [-0.2, 0) is 0 Å². The third-order valence-corrected chi connectivity index (χ3v) is 1.81. The second-order valence-electron chi connectivity index (χ2n) is 2.86. The van der Waals surface area contributed by atoms with E-state index in [-0.39, 0.29) is 6.04 Å². The lowest BCUT2D eigenvalue weighted by Crippen LogP contribution is -2.09. The van der Waals surface area contributed by atoms with E-state index in [4.69, 9.17) is 4.52 Å². The molecule has 0 radical (unpaired) electrons. The highest BCUT2D eigenvalue weighted by Crippen LogP contribution is 2.13. The normalized spacial score (nSPS) is 12.4. The van der Waals surface area contributed by atoms with Crippen LogP contribution in [0.25, 0.3) is 0 Å². The van der Waals surface area contributed by atoms with E-state index >= 15 is 0 Å². The maximum Gasteiger partial charge on any atom is 0.223 e. The van der Waals surface area contributed by atoms with E-state index in [1.807, 2.05) is 6.92 Å². The van der Waals surface area contributed by atoms with E-state index in [1.165, 1.54) is 0 Å². The Balaban J connectivity index is 2.06. The van der Waals surface area contributed by atoms with E-state index in [0.717, 1.165) is 5.69 Å². The highest BCUT2D eigenvalue weighted by atomic mass is 16.5. The van der Waals surface area contributed by atoms with Crippen LogP contribution in [0.2, 0.25) is 0 Å². The van der Waals surface area contributed by atoms with Gasteiger partial charge in [0.05, 0.1) is 6.04 Å². The van der Waals surface area contributed by atoms with Crippen LogP contribution >= 0.6 is 0 Å². The lowest BCUT2D eigenvalue weighted by Gasteiger charge is -2.09. The largest absolute Gasteiger partial charge is 0.364 e. The summed E-state index contributed by atoms with van der Waals surface area (Å²) in [6.45, 7) is 1.97. The molecule has 2 aromatic rings. The number of hydrogen-bond donors (Lipinski definition) is 1. The summed E-state index contributed by atoms with van der Waals surface area (Å²) in [6, 6.07) is 3.61. The van der Waals surface area contributed by atoms with E-state index < -0.39 is 0 Å². The van der Waals surface area contributed by atoms with Gasteiger partial charge in [0.1, 0.15) is 12.0 Å². The Bertz CT molecular complexity index is 373. The predicted octanol–water partition coefficient (Wildman–Crippen LogP) is 1.64. The Labute approximate surface area is 81.2 Å². The molecule has 72 valence electrons. The number of aromatic nitrogens is 3. The highest BCUT2D eigenvalue weighted by Gasteiger charge is 2.08. The van der Waals surface area contributed by atoms with Gasteiger partial charge in [-0.3, -0.25) is 0 Å². The monoisotopic (exact) mass is 190 g/mol. The summed E-state index contributed by atoms with van der Waals surface area (Å²) >= 11 is 0. The first-order valence-electron chi connectivity index (χ1n) is 4.30. The van der Waals surface area contributed by atoms with Crippen molar-refractivity contribution in [1.82, 2.24) is 15.1 Å². The summed E-state index contributed by atoms with van der Waals surface area (Å²) in [4.78, 5) is 8.10. The highest BCUT2D eigenvalue weighted by molar-refractivity contribution is 5.26. The summed E-state index contributed by atoms with van der Waals surface area (Å²) in [5.74, 6) is 0.586. The lowest BCUT2D eigenvalue weighted by atomic mass is 10.2. The van der Waals surface area contributed by atoms with E-state index in [0.29, 0.717) is 5.95 Å². The van der Waals surface area contributed by atoms with Gasteiger partial charge in [0.25, 0.3) is 0 Å². The fraction of sp³-hybridized carbons (Fsp3) is 0.222. The molecule has 5 heteroatoms. The third-order valence-electron chi connectivity index (χ3n) is 1.81.